The molecule has 0 unspecified atom stereocenters. The van der Waals surface area contributed by atoms with Crippen LogP contribution >= 0.6 is 12.4 Å². The molecule has 0 aromatic heterocycles. The van der Waals surface area contributed by atoms with E-state index in [2.05, 4.69) is 10.1 Å². The zero-order valence-electron chi connectivity index (χ0n) is 9.02. The van der Waals surface area contributed by atoms with Gasteiger partial charge in [0.05, 0.1) is 6.04 Å². The molecule has 1 aromatic carbocycles. The second-order valence-corrected chi connectivity index (χ2v) is 3.18. The zero-order chi connectivity index (χ0) is 12.1. The molecule has 0 fully saturated rings. The third kappa shape index (κ3) is 5.46. The largest absolute Gasteiger partial charge is 0.435 e. The second-order valence-electron chi connectivity index (χ2n) is 3.18. The van der Waals surface area contributed by atoms with Crippen LogP contribution in [0.5, 0.6) is 5.75 Å². The summed E-state index contributed by atoms with van der Waals surface area (Å²) in [5, 5.41) is 2.51. The number of nitrogens with two attached hydrogens (primary N) is 1. The van der Waals surface area contributed by atoms with Gasteiger partial charge in [0.25, 0.3) is 0 Å². The summed E-state index contributed by atoms with van der Waals surface area (Å²) in [6.45, 7) is -1.31. The molecule has 0 aliphatic rings. The van der Waals surface area contributed by atoms with Gasteiger partial charge in [-0.2, -0.15) is 8.78 Å². The van der Waals surface area contributed by atoms with E-state index in [-0.39, 0.29) is 24.1 Å². The summed E-state index contributed by atoms with van der Waals surface area (Å²) in [6, 6.07) is 4.96. The Kier molecular flexibility index (Phi) is 6.45. The Labute approximate surface area is 104 Å². The second kappa shape index (κ2) is 7.03. The number of alkyl halides is 2. The van der Waals surface area contributed by atoms with Crippen LogP contribution in [0.4, 0.5) is 14.5 Å². The van der Waals surface area contributed by atoms with E-state index in [0.29, 0.717) is 5.69 Å². The fourth-order valence-corrected chi connectivity index (χ4v) is 0.976. The van der Waals surface area contributed by atoms with Crippen molar-refractivity contribution in [3.05, 3.63) is 24.3 Å². The third-order valence-corrected chi connectivity index (χ3v) is 1.76. The van der Waals surface area contributed by atoms with Gasteiger partial charge in [0.2, 0.25) is 5.91 Å². The first kappa shape index (κ1) is 15.6. The Morgan fingerprint density at radius 2 is 1.88 bits per heavy atom. The van der Waals surface area contributed by atoms with Crippen LogP contribution in [-0.4, -0.2) is 18.6 Å². The van der Waals surface area contributed by atoms with E-state index in [1.165, 1.54) is 24.3 Å². The Bertz CT molecular complexity index is 358. The van der Waals surface area contributed by atoms with Crippen molar-refractivity contribution in [2.45, 2.75) is 19.6 Å². The third-order valence-electron chi connectivity index (χ3n) is 1.76. The molecule has 7 heteroatoms. The molecular formula is C10H13ClF2N2O2. The molecule has 0 saturated carbocycles. The van der Waals surface area contributed by atoms with Crippen LogP contribution in [-0.2, 0) is 4.79 Å². The number of anilines is 1. The molecule has 1 rings (SSSR count). The van der Waals surface area contributed by atoms with Gasteiger partial charge < -0.3 is 15.8 Å². The van der Waals surface area contributed by atoms with Crippen molar-refractivity contribution < 1.29 is 18.3 Å². The molecule has 0 radical (unpaired) electrons. The van der Waals surface area contributed by atoms with E-state index in [0.717, 1.165) is 0 Å². The number of carbonyl (C=O) groups is 1. The zero-order valence-corrected chi connectivity index (χ0v) is 9.84. The van der Waals surface area contributed by atoms with Gasteiger partial charge in [-0.1, -0.05) is 0 Å². The Balaban J connectivity index is 0.00000256. The molecule has 1 atom stereocenters. The van der Waals surface area contributed by atoms with E-state index in [4.69, 9.17) is 5.73 Å². The number of benzene rings is 1. The Morgan fingerprint density at radius 1 is 1.35 bits per heavy atom. The van der Waals surface area contributed by atoms with Crippen molar-refractivity contribution in [1.82, 2.24) is 0 Å². The first-order valence-electron chi connectivity index (χ1n) is 4.60. The average molecular weight is 267 g/mol. The van der Waals surface area contributed by atoms with E-state index in [1.54, 1.807) is 6.92 Å². The highest BCUT2D eigenvalue weighted by Crippen LogP contribution is 2.17. The molecule has 0 bridgehead atoms. The van der Waals surface area contributed by atoms with E-state index >= 15 is 0 Å². The lowest BCUT2D eigenvalue weighted by Gasteiger charge is -2.08. The summed E-state index contributed by atoms with van der Waals surface area (Å²) in [5.41, 5.74) is 5.82. The average Bonchev–Trinajstić information content (AvgIpc) is 2.20. The van der Waals surface area contributed by atoms with Gasteiger partial charge in [0, 0.05) is 5.69 Å². The highest BCUT2D eigenvalue weighted by atomic mass is 35.5. The molecule has 0 aliphatic carbocycles. The summed E-state index contributed by atoms with van der Waals surface area (Å²) in [4.78, 5) is 11.2. The lowest BCUT2D eigenvalue weighted by molar-refractivity contribution is -0.117. The number of nitrogens with one attached hydrogen (secondary N) is 1. The van der Waals surface area contributed by atoms with Crippen molar-refractivity contribution in [2.75, 3.05) is 5.32 Å². The number of amides is 1. The fraction of sp³-hybridized carbons (Fsp3) is 0.300. The fourth-order valence-electron chi connectivity index (χ4n) is 0.976. The SMILES string of the molecule is C[C@H](N)C(=O)Nc1ccc(OC(F)F)cc1.Cl. The van der Waals surface area contributed by atoms with Crippen LogP contribution in [0.15, 0.2) is 24.3 Å². The van der Waals surface area contributed by atoms with Crippen LogP contribution in [0.3, 0.4) is 0 Å². The minimum Gasteiger partial charge on any atom is -0.435 e. The quantitative estimate of drug-likeness (QED) is 0.876. The van der Waals surface area contributed by atoms with Crippen LogP contribution in [0, 0.1) is 0 Å². The highest BCUT2D eigenvalue weighted by Gasteiger charge is 2.08. The lowest BCUT2D eigenvalue weighted by Crippen LogP contribution is -2.32. The predicted molar refractivity (Wildman–Crippen MR) is 62.6 cm³/mol. The standard InChI is InChI=1S/C10H12F2N2O2.ClH/c1-6(13)9(15)14-7-2-4-8(5-3-7)16-10(11)12;/h2-6,10H,13H2,1H3,(H,14,15);1H/t6-;/m0./s1. The smallest absolute Gasteiger partial charge is 0.387 e. The van der Waals surface area contributed by atoms with Gasteiger partial charge in [-0.15, -0.1) is 12.4 Å². The van der Waals surface area contributed by atoms with Gasteiger partial charge in [0.1, 0.15) is 5.75 Å². The maximum Gasteiger partial charge on any atom is 0.387 e. The minimum atomic E-state index is -2.86. The Hall–Kier alpha value is -1.40. The molecule has 0 spiro atoms. The molecule has 3 N–H and O–H groups in total. The molecule has 1 amide bonds. The Morgan fingerprint density at radius 3 is 2.29 bits per heavy atom. The van der Waals surface area contributed by atoms with Crippen LogP contribution in [0.25, 0.3) is 0 Å². The molecule has 4 nitrogen and oxygen atoms in total. The van der Waals surface area contributed by atoms with Gasteiger partial charge in [-0.3, -0.25) is 4.79 Å². The van der Waals surface area contributed by atoms with Crippen LogP contribution in [0.2, 0.25) is 0 Å². The topological polar surface area (TPSA) is 64.4 Å². The maximum atomic E-state index is 11.8. The number of hydrogen-bond donors (Lipinski definition) is 2. The van der Waals surface area contributed by atoms with Crippen LogP contribution in [0.1, 0.15) is 6.92 Å². The van der Waals surface area contributed by atoms with Crippen molar-refractivity contribution in [3.8, 4) is 5.75 Å². The van der Waals surface area contributed by atoms with Gasteiger partial charge >= 0.3 is 6.61 Å². The van der Waals surface area contributed by atoms with Crippen molar-refractivity contribution in [2.24, 2.45) is 5.73 Å². The van der Waals surface area contributed by atoms with Crippen molar-refractivity contribution in [3.63, 3.8) is 0 Å². The lowest BCUT2D eigenvalue weighted by atomic mass is 10.2. The summed E-state index contributed by atoms with van der Waals surface area (Å²) in [6.07, 6.45) is 0. The number of rotatable bonds is 4. The van der Waals surface area contributed by atoms with E-state index in [1.807, 2.05) is 0 Å². The van der Waals surface area contributed by atoms with Crippen molar-refractivity contribution in [1.29, 1.82) is 0 Å². The van der Waals surface area contributed by atoms with Crippen LogP contribution < -0.4 is 15.8 Å². The predicted octanol–water partition coefficient (Wildman–Crippen LogP) is 2.00. The molecule has 0 aliphatic heterocycles. The van der Waals surface area contributed by atoms with E-state index in [9.17, 15) is 13.6 Å². The number of ether oxygens (including phenoxy) is 1. The minimum absolute atomic E-state index is 0. The molecule has 0 heterocycles. The van der Waals surface area contributed by atoms with E-state index < -0.39 is 12.7 Å². The van der Waals surface area contributed by atoms with Crippen molar-refractivity contribution >= 4 is 24.0 Å². The normalized spacial score (nSPS) is 11.6. The molecule has 96 valence electrons. The first-order chi connectivity index (χ1) is 7.49. The summed E-state index contributed by atoms with van der Waals surface area (Å²) in [7, 11) is 0. The maximum absolute atomic E-state index is 11.8. The van der Waals surface area contributed by atoms with Gasteiger partial charge in [-0.25, -0.2) is 0 Å². The van der Waals surface area contributed by atoms with Gasteiger partial charge in [-0.05, 0) is 31.2 Å². The highest BCUT2D eigenvalue weighted by molar-refractivity contribution is 5.94. The van der Waals surface area contributed by atoms with Gasteiger partial charge in [0.15, 0.2) is 0 Å². The number of hydrogen-bond acceptors (Lipinski definition) is 3. The first-order valence-corrected chi connectivity index (χ1v) is 4.60. The number of carbonyl (C=O) groups excluding carboxylic acids is 1. The molecule has 17 heavy (non-hydrogen) atoms. The molecule has 1 aromatic rings. The summed E-state index contributed by atoms with van der Waals surface area (Å²) in [5.74, 6) is -0.309. The number of halogens is 3. The monoisotopic (exact) mass is 266 g/mol. The molecular weight excluding hydrogens is 254 g/mol. The molecule has 0 saturated heterocycles. The summed E-state index contributed by atoms with van der Waals surface area (Å²) >= 11 is 0. The summed E-state index contributed by atoms with van der Waals surface area (Å²) < 4.78 is 27.8.